The van der Waals surface area contributed by atoms with E-state index in [1.54, 1.807) is 0 Å². The minimum atomic E-state index is -2.07. The number of aromatic hydroxyl groups is 1. The molecule has 17 heavy (non-hydrogen) atoms. The molecule has 2 unspecified atom stereocenters. The van der Waals surface area contributed by atoms with Gasteiger partial charge in [0.1, 0.15) is 6.10 Å². The highest BCUT2D eigenvalue weighted by atomic mass is 16.6. The summed E-state index contributed by atoms with van der Waals surface area (Å²) < 4.78 is 0. The van der Waals surface area contributed by atoms with E-state index in [0.717, 1.165) is 18.2 Å². The van der Waals surface area contributed by atoms with E-state index in [0.29, 0.717) is 0 Å². The molecule has 0 aliphatic carbocycles. The molecule has 0 spiro atoms. The fraction of sp³-hybridized carbons (Fsp3) is 0.222. The first-order chi connectivity index (χ1) is 7.84. The number of nitrogens with zero attached hydrogens (tertiary/aromatic N) is 1. The first-order valence-electron chi connectivity index (χ1n) is 4.41. The van der Waals surface area contributed by atoms with Crippen LogP contribution in [0.1, 0.15) is 11.7 Å². The number of carboxylic acids is 1. The lowest BCUT2D eigenvalue weighted by Crippen LogP contribution is -2.27. The third-order valence-electron chi connectivity index (χ3n) is 2.09. The van der Waals surface area contributed by atoms with E-state index in [9.17, 15) is 25.1 Å². The number of phenols is 1. The molecule has 1 rings (SSSR count). The van der Waals surface area contributed by atoms with Gasteiger partial charge in [0.2, 0.25) is 0 Å². The zero-order chi connectivity index (χ0) is 13.2. The highest BCUT2D eigenvalue weighted by molar-refractivity contribution is 5.73. The zero-order valence-electron chi connectivity index (χ0n) is 8.35. The monoisotopic (exact) mass is 243 g/mol. The Hall–Kier alpha value is -2.19. The molecular formula is C9H9NO7. The largest absolute Gasteiger partial charge is 0.502 e. The van der Waals surface area contributed by atoms with Gasteiger partial charge in [0.15, 0.2) is 11.9 Å². The van der Waals surface area contributed by atoms with E-state index < -0.39 is 34.5 Å². The van der Waals surface area contributed by atoms with Crippen molar-refractivity contribution < 1.29 is 30.1 Å². The number of rotatable bonds is 4. The molecule has 0 bridgehead atoms. The SMILES string of the molecule is O=C(O)C(O)C(O)c1ccc([N+](=O)[O-])c(O)c1. The molecule has 4 N–H and O–H groups in total. The van der Waals surface area contributed by atoms with Crippen LogP contribution in [0.3, 0.4) is 0 Å². The Labute approximate surface area is 94.5 Å². The van der Waals surface area contributed by atoms with Crippen LogP contribution in [-0.4, -0.2) is 37.4 Å². The molecule has 0 aromatic heterocycles. The van der Waals surface area contributed by atoms with Gasteiger partial charge in [0.25, 0.3) is 0 Å². The van der Waals surface area contributed by atoms with E-state index in [4.69, 9.17) is 10.2 Å². The van der Waals surface area contributed by atoms with Gasteiger partial charge in [-0.15, -0.1) is 0 Å². The van der Waals surface area contributed by atoms with Crippen LogP contribution >= 0.6 is 0 Å². The van der Waals surface area contributed by atoms with Crippen molar-refractivity contribution in [3.63, 3.8) is 0 Å². The molecule has 0 saturated heterocycles. The second-order valence-corrected chi connectivity index (χ2v) is 3.23. The quantitative estimate of drug-likeness (QED) is 0.423. The van der Waals surface area contributed by atoms with Crippen LogP contribution < -0.4 is 0 Å². The van der Waals surface area contributed by atoms with Crippen molar-refractivity contribution in [3.05, 3.63) is 33.9 Å². The lowest BCUT2D eigenvalue weighted by molar-refractivity contribution is -0.385. The summed E-state index contributed by atoms with van der Waals surface area (Å²) in [6.07, 6.45) is -3.85. The maximum Gasteiger partial charge on any atom is 0.335 e. The Kier molecular flexibility index (Phi) is 3.61. The number of benzene rings is 1. The number of nitro benzene ring substituents is 1. The summed E-state index contributed by atoms with van der Waals surface area (Å²) in [5.74, 6) is -2.36. The van der Waals surface area contributed by atoms with Gasteiger partial charge in [-0.25, -0.2) is 4.79 Å². The predicted molar refractivity (Wildman–Crippen MR) is 53.4 cm³/mol. The van der Waals surface area contributed by atoms with Gasteiger partial charge in [0, 0.05) is 6.07 Å². The van der Waals surface area contributed by atoms with E-state index >= 15 is 0 Å². The number of phenolic OH excluding ortho intramolecular Hbond substituents is 1. The fourth-order valence-electron chi connectivity index (χ4n) is 1.20. The number of hydrogen-bond donors (Lipinski definition) is 4. The topological polar surface area (TPSA) is 141 Å². The van der Waals surface area contributed by atoms with Gasteiger partial charge in [-0.1, -0.05) is 0 Å². The first kappa shape index (κ1) is 12.9. The van der Waals surface area contributed by atoms with E-state index in [2.05, 4.69) is 0 Å². The van der Waals surface area contributed by atoms with Crippen molar-refractivity contribution in [2.75, 3.05) is 0 Å². The molecular weight excluding hydrogens is 234 g/mol. The van der Waals surface area contributed by atoms with Crippen LogP contribution in [0.5, 0.6) is 5.75 Å². The summed E-state index contributed by atoms with van der Waals surface area (Å²) in [6.45, 7) is 0. The van der Waals surface area contributed by atoms with Crippen LogP contribution in [0.25, 0.3) is 0 Å². The first-order valence-corrected chi connectivity index (χ1v) is 4.41. The van der Waals surface area contributed by atoms with Crippen molar-refractivity contribution in [3.8, 4) is 5.75 Å². The molecule has 0 radical (unpaired) electrons. The van der Waals surface area contributed by atoms with E-state index in [-0.39, 0.29) is 5.56 Å². The smallest absolute Gasteiger partial charge is 0.335 e. The number of aliphatic carboxylic acids is 1. The Bertz CT molecular complexity index is 459. The molecule has 1 aromatic rings. The minimum Gasteiger partial charge on any atom is -0.502 e. The Balaban J connectivity index is 3.05. The summed E-state index contributed by atoms with van der Waals surface area (Å²) in [7, 11) is 0. The highest BCUT2D eigenvalue weighted by Crippen LogP contribution is 2.29. The molecule has 0 aliphatic heterocycles. The standard InChI is InChI=1S/C9H9NO7/c11-6-3-4(1-2-5(6)10(16)17)7(12)8(13)9(14)15/h1-3,7-8,11-13H,(H,14,15). The van der Waals surface area contributed by atoms with Crippen LogP contribution in [0, 0.1) is 10.1 Å². The molecule has 8 nitrogen and oxygen atoms in total. The number of aliphatic hydroxyl groups is 2. The van der Waals surface area contributed by atoms with Crippen LogP contribution in [0.15, 0.2) is 18.2 Å². The number of aliphatic hydroxyl groups excluding tert-OH is 2. The third kappa shape index (κ3) is 2.68. The maximum atomic E-state index is 10.4. The molecule has 92 valence electrons. The van der Waals surface area contributed by atoms with Gasteiger partial charge in [-0.3, -0.25) is 10.1 Å². The number of carbonyl (C=O) groups is 1. The van der Waals surface area contributed by atoms with Crippen LogP contribution in [-0.2, 0) is 4.79 Å². The minimum absolute atomic E-state index is 0.136. The molecule has 0 fully saturated rings. The maximum absolute atomic E-state index is 10.4. The van der Waals surface area contributed by atoms with Gasteiger partial charge in [-0.05, 0) is 17.7 Å². The summed E-state index contributed by atoms with van der Waals surface area (Å²) in [5.41, 5.74) is -0.714. The third-order valence-corrected chi connectivity index (χ3v) is 2.09. The van der Waals surface area contributed by atoms with Crippen LogP contribution in [0.2, 0.25) is 0 Å². The molecule has 2 atom stereocenters. The summed E-state index contributed by atoms with van der Waals surface area (Å²) >= 11 is 0. The van der Waals surface area contributed by atoms with Crippen molar-refractivity contribution in [1.82, 2.24) is 0 Å². The average Bonchev–Trinajstić information content (AvgIpc) is 2.26. The van der Waals surface area contributed by atoms with Crippen molar-refractivity contribution >= 4 is 11.7 Å². The zero-order valence-corrected chi connectivity index (χ0v) is 8.35. The predicted octanol–water partition coefficient (Wildman–Crippen LogP) is -0.221. The normalized spacial score (nSPS) is 14.0. The number of nitro groups is 1. The van der Waals surface area contributed by atoms with Gasteiger partial charge in [0.05, 0.1) is 4.92 Å². The lowest BCUT2D eigenvalue weighted by atomic mass is 10.0. The second-order valence-electron chi connectivity index (χ2n) is 3.23. The lowest BCUT2D eigenvalue weighted by Gasteiger charge is -2.14. The molecule has 0 heterocycles. The van der Waals surface area contributed by atoms with E-state index in [1.165, 1.54) is 0 Å². The van der Waals surface area contributed by atoms with Gasteiger partial charge in [-0.2, -0.15) is 0 Å². The van der Waals surface area contributed by atoms with E-state index in [1.807, 2.05) is 0 Å². The average molecular weight is 243 g/mol. The summed E-state index contributed by atoms with van der Waals surface area (Å²) in [4.78, 5) is 19.9. The highest BCUT2D eigenvalue weighted by Gasteiger charge is 2.26. The Morgan fingerprint density at radius 1 is 1.35 bits per heavy atom. The summed E-state index contributed by atoms with van der Waals surface area (Å²) in [5, 5.41) is 46.5. The van der Waals surface area contributed by atoms with Crippen LogP contribution in [0.4, 0.5) is 5.69 Å². The number of hydrogen-bond acceptors (Lipinski definition) is 6. The Morgan fingerprint density at radius 2 is 1.94 bits per heavy atom. The second kappa shape index (κ2) is 4.76. The molecule has 0 amide bonds. The molecule has 0 saturated carbocycles. The Morgan fingerprint density at radius 3 is 2.35 bits per heavy atom. The van der Waals surface area contributed by atoms with Crippen molar-refractivity contribution in [2.45, 2.75) is 12.2 Å². The molecule has 0 aliphatic rings. The van der Waals surface area contributed by atoms with Gasteiger partial charge >= 0.3 is 11.7 Å². The summed E-state index contributed by atoms with van der Waals surface area (Å²) in [6, 6.07) is 2.78. The van der Waals surface area contributed by atoms with Crippen molar-refractivity contribution in [1.29, 1.82) is 0 Å². The van der Waals surface area contributed by atoms with Crippen molar-refractivity contribution in [2.24, 2.45) is 0 Å². The van der Waals surface area contributed by atoms with Gasteiger partial charge < -0.3 is 20.4 Å². The fourth-order valence-corrected chi connectivity index (χ4v) is 1.20. The molecule has 1 aromatic carbocycles. The number of carboxylic acid groups (broad SMARTS) is 1. The molecule has 8 heteroatoms.